The third kappa shape index (κ3) is 5.30. The molecule has 2 amide bonds. The molecular weight excluding hydrogens is 438 g/mol. The summed E-state index contributed by atoms with van der Waals surface area (Å²) in [6.45, 7) is 1.85. The fraction of sp³-hybridized carbons (Fsp3) is 0.200. The summed E-state index contributed by atoms with van der Waals surface area (Å²) in [5.74, 6) is -0.545. The Hall–Kier alpha value is -3.49. The van der Waals surface area contributed by atoms with Gasteiger partial charge in [0.25, 0.3) is 0 Å². The molecule has 8 heteroatoms. The van der Waals surface area contributed by atoms with Crippen LogP contribution in [0.25, 0.3) is 0 Å². The number of carbonyl (C=O) groups is 2. The SMILES string of the molecule is CC(NC(=O)C(NS(=O)(=O)c1ccc2c(c1)CCC(=O)N2)c1ccccc1)c1ccccc1. The number of hydrogen-bond acceptors (Lipinski definition) is 4. The van der Waals surface area contributed by atoms with E-state index in [-0.39, 0.29) is 16.8 Å². The Bertz CT molecular complexity index is 1260. The molecule has 0 aliphatic carbocycles. The number of sulfonamides is 1. The van der Waals surface area contributed by atoms with Gasteiger partial charge in [-0.1, -0.05) is 60.7 Å². The standard InChI is InChI=1S/C25H25N3O4S/c1-17(18-8-4-2-5-9-18)26-25(30)24(19-10-6-3-7-11-19)28-33(31,32)21-13-14-22-20(16-21)12-15-23(29)27-22/h2-11,13-14,16-17,24,28H,12,15H2,1H3,(H,26,30)(H,27,29). The molecule has 3 aromatic rings. The number of hydrogen-bond donors (Lipinski definition) is 3. The second-order valence-corrected chi connectivity index (χ2v) is 9.69. The number of fused-ring (bicyclic) bond motifs is 1. The molecule has 7 nitrogen and oxygen atoms in total. The number of anilines is 1. The van der Waals surface area contributed by atoms with E-state index in [2.05, 4.69) is 15.4 Å². The van der Waals surface area contributed by atoms with Crippen molar-refractivity contribution in [2.24, 2.45) is 0 Å². The quantitative estimate of drug-likeness (QED) is 0.499. The molecule has 1 aliphatic heterocycles. The topological polar surface area (TPSA) is 104 Å². The van der Waals surface area contributed by atoms with Gasteiger partial charge in [-0.25, -0.2) is 8.42 Å². The van der Waals surface area contributed by atoms with Crippen molar-refractivity contribution in [3.8, 4) is 0 Å². The summed E-state index contributed by atoms with van der Waals surface area (Å²) in [5, 5.41) is 5.65. The van der Waals surface area contributed by atoms with Crippen LogP contribution in [0.2, 0.25) is 0 Å². The third-order valence-electron chi connectivity index (χ3n) is 5.61. The van der Waals surface area contributed by atoms with E-state index in [9.17, 15) is 18.0 Å². The monoisotopic (exact) mass is 463 g/mol. The van der Waals surface area contributed by atoms with Gasteiger partial charge in [-0.3, -0.25) is 9.59 Å². The van der Waals surface area contributed by atoms with Crippen molar-refractivity contribution in [2.45, 2.75) is 36.7 Å². The van der Waals surface area contributed by atoms with Gasteiger partial charge >= 0.3 is 0 Å². The zero-order valence-corrected chi connectivity index (χ0v) is 18.9. The molecule has 0 spiro atoms. The van der Waals surface area contributed by atoms with Crippen LogP contribution >= 0.6 is 0 Å². The van der Waals surface area contributed by atoms with Crippen LogP contribution in [-0.4, -0.2) is 20.2 Å². The Morgan fingerprint density at radius 1 is 0.909 bits per heavy atom. The average molecular weight is 464 g/mol. The predicted octanol–water partition coefficient (Wildman–Crippen LogP) is 3.47. The first-order valence-corrected chi connectivity index (χ1v) is 12.2. The van der Waals surface area contributed by atoms with Crippen LogP contribution in [-0.2, 0) is 26.0 Å². The maximum absolute atomic E-state index is 13.2. The molecule has 0 bridgehead atoms. The minimum Gasteiger partial charge on any atom is -0.348 e. The first-order chi connectivity index (χ1) is 15.8. The van der Waals surface area contributed by atoms with Crippen LogP contribution in [0.4, 0.5) is 5.69 Å². The van der Waals surface area contributed by atoms with Crippen LogP contribution in [0.5, 0.6) is 0 Å². The van der Waals surface area contributed by atoms with Gasteiger partial charge in [0.05, 0.1) is 10.9 Å². The van der Waals surface area contributed by atoms with Gasteiger partial charge in [0, 0.05) is 12.1 Å². The maximum Gasteiger partial charge on any atom is 0.243 e. The van der Waals surface area contributed by atoms with Gasteiger partial charge in [0.1, 0.15) is 6.04 Å². The maximum atomic E-state index is 13.2. The lowest BCUT2D eigenvalue weighted by molar-refractivity contribution is -0.123. The Labute approximate surface area is 193 Å². The molecule has 0 aromatic heterocycles. The van der Waals surface area contributed by atoms with Gasteiger partial charge in [-0.2, -0.15) is 4.72 Å². The average Bonchev–Trinajstić information content (AvgIpc) is 2.83. The second kappa shape index (κ2) is 9.56. The molecule has 0 saturated heterocycles. The van der Waals surface area contributed by atoms with E-state index in [1.165, 1.54) is 6.07 Å². The summed E-state index contributed by atoms with van der Waals surface area (Å²) in [7, 11) is -4.02. The summed E-state index contributed by atoms with van der Waals surface area (Å²) in [6.07, 6.45) is 0.762. The highest BCUT2D eigenvalue weighted by Gasteiger charge is 2.29. The van der Waals surface area contributed by atoms with Crippen LogP contribution in [0.3, 0.4) is 0 Å². The molecule has 2 atom stereocenters. The lowest BCUT2D eigenvalue weighted by atomic mass is 10.0. The van der Waals surface area contributed by atoms with E-state index in [0.29, 0.717) is 24.1 Å². The van der Waals surface area contributed by atoms with Gasteiger partial charge < -0.3 is 10.6 Å². The number of amides is 2. The number of carbonyl (C=O) groups excluding carboxylic acids is 2. The van der Waals surface area contributed by atoms with E-state index < -0.39 is 22.0 Å². The van der Waals surface area contributed by atoms with Crippen LogP contribution in [0.1, 0.15) is 42.1 Å². The van der Waals surface area contributed by atoms with E-state index >= 15 is 0 Å². The molecule has 1 heterocycles. The third-order valence-corrected chi connectivity index (χ3v) is 7.03. The highest BCUT2D eigenvalue weighted by molar-refractivity contribution is 7.89. The van der Waals surface area contributed by atoms with E-state index in [4.69, 9.17) is 0 Å². The molecule has 3 N–H and O–H groups in total. The van der Waals surface area contributed by atoms with Crippen molar-refractivity contribution in [3.05, 3.63) is 95.6 Å². The normalized spacial score (nSPS) is 15.1. The molecule has 1 aliphatic rings. The molecule has 3 aromatic carbocycles. The zero-order valence-electron chi connectivity index (χ0n) is 18.1. The van der Waals surface area contributed by atoms with Crippen molar-refractivity contribution >= 4 is 27.5 Å². The highest BCUT2D eigenvalue weighted by Crippen LogP contribution is 2.27. The van der Waals surface area contributed by atoms with Crippen molar-refractivity contribution in [1.82, 2.24) is 10.0 Å². The van der Waals surface area contributed by atoms with E-state index in [1.54, 1.807) is 42.5 Å². The molecule has 0 saturated carbocycles. The summed E-state index contributed by atoms with van der Waals surface area (Å²) in [5.41, 5.74) is 2.80. The van der Waals surface area contributed by atoms with E-state index in [0.717, 1.165) is 11.1 Å². The summed E-state index contributed by atoms with van der Waals surface area (Å²) < 4.78 is 29.1. The highest BCUT2D eigenvalue weighted by atomic mass is 32.2. The molecule has 0 fully saturated rings. The lowest BCUT2D eigenvalue weighted by Gasteiger charge is -2.23. The van der Waals surface area contributed by atoms with E-state index in [1.807, 2.05) is 37.3 Å². The van der Waals surface area contributed by atoms with Crippen molar-refractivity contribution in [1.29, 1.82) is 0 Å². The summed E-state index contributed by atoms with van der Waals surface area (Å²) in [4.78, 5) is 24.9. The largest absolute Gasteiger partial charge is 0.348 e. The van der Waals surface area contributed by atoms with Crippen LogP contribution in [0.15, 0.2) is 83.8 Å². The number of nitrogens with one attached hydrogen (secondary N) is 3. The Kier molecular flexibility index (Phi) is 6.57. The molecular formula is C25H25N3O4S. The van der Waals surface area contributed by atoms with Gasteiger partial charge in [0.15, 0.2) is 0 Å². The molecule has 0 radical (unpaired) electrons. The molecule has 170 valence electrons. The number of benzene rings is 3. The Morgan fingerprint density at radius 2 is 1.55 bits per heavy atom. The smallest absolute Gasteiger partial charge is 0.243 e. The fourth-order valence-electron chi connectivity index (χ4n) is 3.79. The van der Waals surface area contributed by atoms with Crippen molar-refractivity contribution in [2.75, 3.05) is 5.32 Å². The Morgan fingerprint density at radius 3 is 2.21 bits per heavy atom. The summed E-state index contributed by atoms with van der Waals surface area (Å²) in [6, 6.07) is 21.3. The molecule has 2 unspecified atom stereocenters. The van der Waals surface area contributed by atoms with Crippen molar-refractivity contribution < 1.29 is 18.0 Å². The minimum absolute atomic E-state index is 0.0437. The van der Waals surface area contributed by atoms with Gasteiger partial charge in [-0.15, -0.1) is 0 Å². The van der Waals surface area contributed by atoms with Gasteiger partial charge in [-0.05, 0) is 48.2 Å². The van der Waals surface area contributed by atoms with Gasteiger partial charge in [0.2, 0.25) is 21.8 Å². The van der Waals surface area contributed by atoms with Crippen LogP contribution in [0, 0.1) is 0 Å². The minimum atomic E-state index is -4.02. The molecule has 4 rings (SSSR count). The first-order valence-electron chi connectivity index (χ1n) is 10.7. The number of aryl methyl sites for hydroxylation is 1. The second-order valence-electron chi connectivity index (χ2n) is 7.97. The Balaban J connectivity index is 1.60. The first kappa shape index (κ1) is 22.7. The molecule has 33 heavy (non-hydrogen) atoms. The number of rotatable bonds is 7. The predicted molar refractivity (Wildman–Crippen MR) is 126 cm³/mol. The fourth-order valence-corrected chi connectivity index (χ4v) is 5.02. The summed E-state index contributed by atoms with van der Waals surface area (Å²) >= 11 is 0. The van der Waals surface area contributed by atoms with Crippen LogP contribution < -0.4 is 15.4 Å². The van der Waals surface area contributed by atoms with Crippen molar-refractivity contribution in [3.63, 3.8) is 0 Å². The zero-order chi connectivity index (χ0) is 23.4. The lowest BCUT2D eigenvalue weighted by Crippen LogP contribution is -2.41.